The van der Waals surface area contributed by atoms with Crippen molar-refractivity contribution in [1.29, 1.82) is 0 Å². The van der Waals surface area contributed by atoms with E-state index in [-0.39, 0.29) is 37.4 Å². The Balaban J connectivity index is 1.31. The number of H-pyrrole nitrogens is 1. The van der Waals surface area contributed by atoms with Crippen LogP contribution in [0.2, 0.25) is 0 Å². The molecule has 0 spiro atoms. The smallest absolute Gasteiger partial charge is 0.408 e. The Morgan fingerprint density at radius 3 is 2.29 bits per heavy atom. The molecule has 3 N–H and O–H groups in total. The van der Waals surface area contributed by atoms with Crippen molar-refractivity contribution in [2.24, 2.45) is 0 Å². The van der Waals surface area contributed by atoms with Crippen molar-refractivity contribution >= 4 is 17.9 Å². The Hall–Kier alpha value is -5.12. The van der Waals surface area contributed by atoms with E-state index in [4.69, 9.17) is 9.47 Å². The lowest BCUT2D eigenvalue weighted by Gasteiger charge is -2.42. The van der Waals surface area contributed by atoms with E-state index in [2.05, 4.69) is 32.7 Å². The molecule has 10 heteroatoms. The van der Waals surface area contributed by atoms with Crippen molar-refractivity contribution in [3.8, 4) is 5.75 Å². The highest BCUT2D eigenvalue weighted by Crippen LogP contribution is 2.43. The van der Waals surface area contributed by atoms with Gasteiger partial charge in [0.2, 0.25) is 11.8 Å². The van der Waals surface area contributed by atoms with Crippen LogP contribution in [0.3, 0.4) is 0 Å². The molecular weight excluding hydrogens is 570 g/mol. The molecule has 1 atom stereocenters. The average Bonchev–Trinajstić information content (AvgIpc) is 3.57. The first-order valence-corrected chi connectivity index (χ1v) is 15.1. The number of hydrogen-bond donors (Lipinski definition) is 3. The SMILES string of the molecule is COc1ccc(CN(CC(=O)NCC2(c3ccccc3)CCC2)C(=O)[C@H](Cc2c[nH]cn2)NC(=O)OCc2ccccc2)cc1. The van der Waals surface area contributed by atoms with Crippen molar-refractivity contribution < 1.29 is 23.9 Å². The Kier molecular flexibility index (Phi) is 10.5. The van der Waals surface area contributed by atoms with Gasteiger partial charge in [-0.15, -0.1) is 0 Å². The average molecular weight is 610 g/mol. The molecule has 45 heavy (non-hydrogen) atoms. The van der Waals surface area contributed by atoms with E-state index < -0.39 is 18.0 Å². The van der Waals surface area contributed by atoms with Gasteiger partial charge in [-0.2, -0.15) is 0 Å². The van der Waals surface area contributed by atoms with Crippen LogP contribution in [0, 0.1) is 0 Å². The number of amides is 3. The van der Waals surface area contributed by atoms with Gasteiger partial charge in [-0.25, -0.2) is 9.78 Å². The molecule has 1 aliphatic carbocycles. The lowest BCUT2D eigenvalue weighted by molar-refractivity contribution is -0.138. The molecular formula is C35H39N5O5. The van der Waals surface area contributed by atoms with Gasteiger partial charge >= 0.3 is 6.09 Å². The van der Waals surface area contributed by atoms with E-state index in [1.165, 1.54) is 16.8 Å². The number of carbonyl (C=O) groups excluding carboxylic acids is 3. The lowest BCUT2D eigenvalue weighted by Crippen LogP contribution is -2.53. The second-order valence-electron chi connectivity index (χ2n) is 11.3. The van der Waals surface area contributed by atoms with Gasteiger partial charge in [0.1, 0.15) is 18.4 Å². The largest absolute Gasteiger partial charge is 0.497 e. The normalized spacial score (nSPS) is 14.0. The maximum Gasteiger partial charge on any atom is 0.408 e. The number of nitrogens with one attached hydrogen (secondary N) is 3. The third kappa shape index (κ3) is 8.50. The van der Waals surface area contributed by atoms with Gasteiger partial charge in [0.25, 0.3) is 0 Å². The van der Waals surface area contributed by atoms with Crippen molar-refractivity contribution in [3.63, 3.8) is 0 Å². The van der Waals surface area contributed by atoms with Crippen LogP contribution in [0.15, 0.2) is 97.5 Å². The Morgan fingerprint density at radius 2 is 1.67 bits per heavy atom. The van der Waals surface area contributed by atoms with Crippen LogP contribution in [-0.2, 0) is 39.3 Å². The summed E-state index contributed by atoms with van der Waals surface area (Å²) in [7, 11) is 1.59. The molecule has 1 saturated carbocycles. The zero-order chi connectivity index (χ0) is 31.5. The van der Waals surface area contributed by atoms with Crippen LogP contribution < -0.4 is 15.4 Å². The minimum absolute atomic E-state index is 0.0527. The van der Waals surface area contributed by atoms with E-state index in [1.807, 2.05) is 60.7 Å². The van der Waals surface area contributed by atoms with Gasteiger partial charge in [-0.3, -0.25) is 9.59 Å². The molecule has 1 fully saturated rings. The summed E-state index contributed by atoms with van der Waals surface area (Å²) in [6.07, 6.45) is 5.64. The quantitative estimate of drug-likeness (QED) is 0.193. The van der Waals surface area contributed by atoms with Crippen LogP contribution in [0.5, 0.6) is 5.75 Å². The maximum atomic E-state index is 14.1. The van der Waals surface area contributed by atoms with Gasteiger partial charge in [0, 0.05) is 31.1 Å². The molecule has 0 aliphatic heterocycles. The number of imidazole rings is 1. The zero-order valence-electron chi connectivity index (χ0n) is 25.4. The van der Waals surface area contributed by atoms with Crippen LogP contribution in [0.25, 0.3) is 0 Å². The monoisotopic (exact) mass is 609 g/mol. The predicted molar refractivity (Wildman–Crippen MR) is 169 cm³/mol. The second kappa shape index (κ2) is 15.1. The molecule has 3 amide bonds. The summed E-state index contributed by atoms with van der Waals surface area (Å²) in [5, 5.41) is 5.82. The number of carbonyl (C=O) groups is 3. The van der Waals surface area contributed by atoms with Crippen LogP contribution in [-0.4, -0.2) is 59.0 Å². The fourth-order valence-electron chi connectivity index (χ4n) is 5.56. The lowest BCUT2D eigenvalue weighted by atomic mass is 9.64. The third-order valence-electron chi connectivity index (χ3n) is 8.27. The highest BCUT2D eigenvalue weighted by Gasteiger charge is 2.39. The van der Waals surface area contributed by atoms with E-state index >= 15 is 0 Å². The number of aromatic amines is 1. The Bertz CT molecular complexity index is 1520. The Labute approximate surface area is 263 Å². The molecule has 10 nitrogen and oxygen atoms in total. The zero-order valence-corrected chi connectivity index (χ0v) is 25.4. The van der Waals surface area contributed by atoms with Crippen molar-refractivity contribution in [1.82, 2.24) is 25.5 Å². The summed E-state index contributed by atoms with van der Waals surface area (Å²) >= 11 is 0. The minimum atomic E-state index is -1.02. The first-order chi connectivity index (χ1) is 21.9. The fourth-order valence-corrected chi connectivity index (χ4v) is 5.56. The molecule has 1 aliphatic rings. The number of hydrogen-bond acceptors (Lipinski definition) is 6. The van der Waals surface area contributed by atoms with E-state index in [9.17, 15) is 14.4 Å². The third-order valence-corrected chi connectivity index (χ3v) is 8.27. The van der Waals surface area contributed by atoms with Crippen molar-refractivity contribution in [2.75, 3.05) is 20.2 Å². The fraction of sp³-hybridized carbons (Fsp3) is 0.314. The molecule has 0 saturated heterocycles. The van der Waals surface area contributed by atoms with E-state index in [0.29, 0.717) is 18.0 Å². The van der Waals surface area contributed by atoms with Gasteiger partial charge < -0.3 is 30.0 Å². The highest BCUT2D eigenvalue weighted by molar-refractivity contribution is 5.89. The molecule has 0 unspecified atom stereocenters. The van der Waals surface area contributed by atoms with Gasteiger partial charge in [0.05, 0.1) is 25.7 Å². The van der Waals surface area contributed by atoms with Gasteiger partial charge in [-0.1, -0.05) is 79.2 Å². The number of ether oxygens (including phenoxy) is 2. The molecule has 1 aromatic heterocycles. The summed E-state index contributed by atoms with van der Waals surface area (Å²) in [6.45, 7) is 0.504. The summed E-state index contributed by atoms with van der Waals surface area (Å²) < 4.78 is 10.7. The van der Waals surface area contributed by atoms with E-state index in [0.717, 1.165) is 30.4 Å². The molecule has 1 heterocycles. The molecule has 234 valence electrons. The van der Waals surface area contributed by atoms with Gasteiger partial charge in [-0.05, 0) is 41.7 Å². The molecule has 5 rings (SSSR count). The summed E-state index contributed by atoms with van der Waals surface area (Å²) in [4.78, 5) is 49.1. The van der Waals surface area contributed by atoms with Crippen molar-refractivity contribution in [3.05, 3.63) is 120 Å². The number of rotatable bonds is 14. The van der Waals surface area contributed by atoms with Crippen LogP contribution >= 0.6 is 0 Å². The maximum absolute atomic E-state index is 14.1. The summed E-state index contributed by atoms with van der Waals surface area (Å²) in [6, 6.07) is 25.8. The van der Waals surface area contributed by atoms with Crippen LogP contribution in [0.1, 0.15) is 41.6 Å². The first-order valence-electron chi connectivity index (χ1n) is 15.1. The highest BCUT2D eigenvalue weighted by atomic mass is 16.5. The van der Waals surface area contributed by atoms with Crippen LogP contribution in [0.4, 0.5) is 4.79 Å². The number of aromatic nitrogens is 2. The second-order valence-corrected chi connectivity index (χ2v) is 11.3. The summed E-state index contributed by atoms with van der Waals surface area (Å²) in [5.74, 6) is -0.0217. The standard InChI is InChI=1S/C35H39N5O5/c1-44-30-15-13-26(14-16-30)21-40(22-32(41)37-24-35(17-8-18-35)28-11-6-3-7-12-28)33(42)31(19-29-20-36-25-38-29)39-34(43)45-23-27-9-4-2-5-10-27/h2-7,9-16,20,25,31H,8,17-19,21-24H2,1H3,(H,36,38)(H,37,41)(H,39,43)/t31-/m0/s1. The first kappa shape index (κ1) is 31.3. The number of methoxy groups -OCH3 is 1. The van der Waals surface area contributed by atoms with E-state index in [1.54, 1.807) is 25.4 Å². The molecule has 0 radical (unpaired) electrons. The number of benzene rings is 3. The predicted octanol–water partition coefficient (Wildman–Crippen LogP) is 4.52. The minimum Gasteiger partial charge on any atom is -0.497 e. The number of alkyl carbamates (subject to hydrolysis) is 1. The number of nitrogens with zero attached hydrogens (tertiary/aromatic N) is 2. The van der Waals surface area contributed by atoms with Crippen molar-refractivity contribution in [2.45, 2.75) is 50.3 Å². The Morgan fingerprint density at radius 1 is 0.956 bits per heavy atom. The molecule has 4 aromatic rings. The topological polar surface area (TPSA) is 126 Å². The molecule has 0 bridgehead atoms. The van der Waals surface area contributed by atoms with Gasteiger partial charge in [0.15, 0.2) is 0 Å². The summed E-state index contributed by atoms with van der Waals surface area (Å²) in [5.41, 5.74) is 3.32. The molecule has 3 aromatic carbocycles.